The Morgan fingerprint density at radius 2 is 1.67 bits per heavy atom. The molecule has 27 heavy (non-hydrogen) atoms. The van der Waals surface area contributed by atoms with Crippen molar-refractivity contribution in [3.63, 3.8) is 0 Å². The Balaban J connectivity index is 1.93. The van der Waals surface area contributed by atoms with Crippen LogP contribution in [0.4, 0.5) is 0 Å². The number of hydrogen-bond donors (Lipinski definition) is 0. The van der Waals surface area contributed by atoms with Gasteiger partial charge in [0.05, 0.1) is 29.6 Å². The molecule has 2 aliphatic heterocycles. The molecule has 2 fully saturated rings. The standard InChI is InChI=1S/C23H28O4/c1-5-13-10-12(4)11-14(6-2)18(13)21-22(25)19-15-8-9-16(26-15)20(19)23(21)27-17(24)7-3/h10-11,15-16,19-20H,5-9H2,1-4H3/t15?,16?,19-,20+/m0/s1. The highest BCUT2D eigenvalue weighted by Crippen LogP contribution is 2.55. The molecular formula is C23H28O4. The van der Waals surface area contributed by atoms with E-state index in [0.29, 0.717) is 17.8 Å². The molecule has 0 saturated carbocycles. The second-order valence-corrected chi connectivity index (χ2v) is 7.94. The Kier molecular flexibility index (Phi) is 4.71. The van der Waals surface area contributed by atoms with E-state index < -0.39 is 0 Å². The number of esters is 1. The lowest BCUT2D eigenvalue weighted by Crippen LogP contribution is -2.29. The number of rotatable bonds is 5. The van der Waals surface area contributed by atoms with Crippen LogP contribution in [0.3, 0.4) is 0 Å². The van der Waals surface area contributed by atoms with Crippen molar-refractivity contribution >= 4 is 17.3 Å². The van der Waals surface area contributed by atoms with Crippen LogP contribution in [0.5, 0.6) is 0 Å². The van der Waals surface area contributed by atoms with Crippen LogP contribution in [0.2, 0.25) is 0 Å². The van der Waals surface area contributed by atoms with Crippen molar-refractivity contribution in [2.45, 2.75) is 72.0 Å². The predicted molar refractivity (Wildman–Crippen MR) is 103 cm³/mol. The van der Waals surface area contributed by atoms with Crippen molar-refractivity contribution in [3.05, 3.63) is 40.1 Å². The minimum atomic E-state index is -0.276. The van der Waals surface area contributed by atoms with Gasteiger partial charge in [-0.25, -0.2) is 0 Å². The fourth-order valence-electron chi connectivity index (χ4n) is 5.18. The molecule has 0 radical (unpaired) electrons. The molecule has 4 rings (SSSR count). The highest BCUT2D eigenvalue weighted by atomic mass is 16.5. The molecule has 4 nitrogen and oxygen atoms in total. The maximum Gasteiger partial charge on any atom is 0.310 e. The van der Waals surface area contributed by atoms with Crippen LogP contribution >= 0.6 is 0 Å². The fraction of sp³-hybridized carbons (Fsp3) is 0.565. The summed E-state index contributed by atoms with van der Waals surface area (Å²) in [6, 6.07) is 4.32. The summed E-state index contributed by atoms with van der Waals surface area (Å²) < 4.78 is 11.9. The largest absolute Gasteiger partial charge is 0.430 e. The van der Waals surface area contributed by atoms with E-state index in [1.54, 1.807) is 6.92 Å². The monoisotopic (exact) mass is 368 g/mol. The number of ketones is 1. The van der Waals surface area contributed by atoms with E-state index in [9.17, 15) is 9.59 Å². The second-order valence-electron chi connectivity index (χ2n) is 7.94. The van der Waals surface area contributed by atoms with Crippen molar-refractivity contribution in [3.8, 4) is 0 Å². The van der Waals surface area contributed by atoms with Crippen LogP contribution in [0.15, 0.2) is 17.9 Å². The van der Waals surface area contributed by atoms with Crippen LogP contribution in [0, 0.1) is 18.8 Å². The molecule has 3 aliphatic rings. The lowest BCUT2D eigenvalue weighted by molar-refractivity contribution is -0.140. The van der Waals surface area contributed by atoms with Gasteiger partial charge in [0.1, 0.15) is 5.76 Å². The average Bonchev–Trinajstić information content (AvgIpc) is 3.35. The first-order valence-corrected chi connectivity index (χ1v) is 10.3. The first-order chi connectivity index (χ1) is 13.0. The lowest BCUT2D eigenvalue weighted by atomic mass is 9.80. The zero-order chi connectivity index (χ0) is 19.3. The Bertz CT molecular complexity index is 810. The Labute approximate surface area is 160 Å². The first kappa shape index (κ1) is 18.4. The van der Waals surface area contributed by atoms with Gasteiger partial charge in [-0.1, -0.05) is 38.5 Å². The SMILES string of the molecule is CCC(=O)OC1=C(c2c(CC)cc(C)cc2CC)C(=O)[C@H]2C3CCC(O3)[C@@H]12. The molecule has 4 heteroatoms. The number of carbonyl (C=O) groups is 2. The van der Waals surface area contributed by atoms with Crippen LogP contribution in [0.25, 0.3) is 5.57 Å². The third-order valence-electron chi connectivity index (χ3n) is 6.34. The molecule has 0 N–H and O–H groups in total. The summed E-state index contributed by atoms with van der Waals surface area (Å²) in [5.74, 6) is 0.130. The van der Waals surface area contributed by atoms with Crippen molar-refractivity contribution in [2.75, 3.05) is 0 Å². The normalized spacial score (nSPS) is 28.8. The number of benzene rings is 1. The molecule has 4 atom stereocenters. The summed E-state index contributed by atoms with van der Waals surface area (Å²) >= 11 is 0. The quantitative estimate of drug-likeness (QED) is 0.732. The van der Waals surface area contributed by atoms with E-state index in [2.05, 4.69) is 32.9 Å². The molecule has 0 aromatic heterocycles. The van der Waals surface area contributed by atoms with E-state index in [1.807, 2.05) is 0 Å². The third-order valence-corrected chi connectivity index (χ3v) is 6.34. The van der Waals surface area contributed by atoms with Gasteiger partial charge in [0.25, 0.3) is 0 Å². The van der Waals surface area contributed by atoms with Crippen molar-refractivity contribution in [1.82, 2.24) is 0 Å². The highest BCUT2D eigenvalue weighted by Gasteiger charge is 2.60. The topological polar surface area (TPSA) is 52.6 Å². The summed E-state index contributed by atoms with van der Waals surface area (Å²) in [5, 5.41) is 0. The zero-order valence-corrected chi connectivity index (χ0v) is 16.6. The molecule has 1 aromatic rings. The zero-order valence-electron chi connectivity index (χ0n) is 16.6. The van der Waals surface area contributed by atoms with Crippen LogP contribution in [-0.4, -0.2) is 24.0 Å². The lowest BCUT2D eigenvalue weighted by Gasteiger charge is -2.21. The number of fused-ring (bicyclic) bond motifs is 5. The first-order valence-electron chi connectivity index (χ1n) is 10.3. The van der Waals surface area contributed by atoms with Crippen LogP contribution in [-0.2, 0) is 31.9 Å². The molecule has 2 unspecified atom stereocenters. The molecule has 2 saturated heterocycles. The van der Waals surface area contributed by atoms with Crippen LogP contribution in [0.1, 0.15) is 62.3 Å². The van der Waals surface area contributed by atoms with Gasteiger partial charge in [-0.2, -0.15) is 0 Å². The van der Waals surface area contributed by atoms with Crippen LogP contribution < -0.4 is 0 Å². The minimum Gasteiger partial charge on any atom is -0.430 e. The highest BCUT2D eigenvalue weighted by molar-refractivity contribution is 6.26. The van der Waals surface area contributed by atoms with E-state index in [0.717, 1.165) is 42.4 Å². The number of ether oxygens (including phenoxy) is 2. The molecule has 144 valence electrons. The minimum absolute atomic E-state index is 0.00158. The molecular weight excluding hydrogens is 340 g/mol. The van der Waals surface area contributed by atoms with Crippen molar-refractivity contribution in [2.24, 2.45) is 11.8 Å². The van der Waals surface area contributed by atoms with Gasteiger partial charge in [0.15, 0.2) is 5.78 Å². The second kappa shape index (κ2) is 6.90. The molecule has 0 spiro atoms. The van der Waals surface area contributed by atoms with E-state index in [1.165, 1.54) is 5.56 Å². The Morgan fingerprint density at radius 3 is 2.22 bits per heavy atom. The third kappa shape index (κ3) is 2.77. The van der Waals surface area contributed by atoms with E-state index in [-0.39, 0.29) is 35.8 Å². The molecule has 2 bridgehead atoms. The molecule has 0 amide bonds. The van der Waals surface area contributed by atoms with Gasteiger partial charge < -0.3 is 9.47 Å². The Hall–Kier alpha value is -1.94. The fourth-order valence-corrected chi connectivity index (χ4v) is 5.18. The smallest absolute Gasteiger partial charge is 0.310 e. The van der Waals surface area contributed by atoms with Gasteiger partial charge in [-0.3, -0.25) is 9.59 Å². The summed E-state index contributed by atoms with van der Waals surface area (Å²) in [4.78, 5) is 25.8. The predicted octanol–water partition coefficient (Wildman–Crippen LogP) is 4.16. The van der Waals surface area contributed by atoms with Gasteiger partial charge in [0.2, 0.25) is 0 Å². The van der Waals surface area contributed by atoms with E-state index in [4.69, 9.17) is 9.47 Å². The molecule has 1 aromatic carbocycles. The number of hydrogen-bond acceptors (Lipinski definition) is 4. The number of carbonyl (C=O) groups excluding carboxylic acids is 2. The summed E-state index contributed by atoms with van der Waals surface area (Å²) in [5.41, 5.74) is 5.18. The summed E-state index contributed by atoms with van der Waals surface area (Å²) in [6.07, 6.45) is 3.82. The molecule has 1 aliphatic carbocycles. The Morgan fingerprint density at radius 1 is 1.07 bits per heavy atom. The van der Waals surface area contributed by atoms with Crippen molar-refractivity contribution < 1.29 is 19.1 Å². The van der Waals surface area contributed by atoms with Gasteiger partial charge in [0, 0.05) is 6.42 Å². The van der Waals surface area contributed by atoms with Gasteiger partial charge >= 0.3 is 5.97 Å². The van der Waals surface area contributed by atoms with E-state index >= 15 is 0 Å². The number of Topliss-reactive ketones (excluding diaryl/α,β-unsaturated/α-hetero) is 1. The number of allylic oxidation sites excluding steroid dienone is 1. The molecule has 2 heterocycles. The maximum absolute atomic E-state index is 13.5. The average molecular weight is 368 g/mol. The van der Waals surface area contributed by atoms with Gasteiger partial charge in [-0.05, 0) is 49.3 Å². The summed E-state index contributed by atoms with van der Waals surface area (Å²) in [6.45, 7) is 8.11. The number of aryl methyl sites for hydroxylation is 3. The maximum atomic E-state index is 13.5. The summed E-state index contributed by atoms with van der Waals surface area (Å²) in [7, 11) is 0. The van der Waals surface area contributed by atoms with Gasteiger partial charge in [-0.15, -0.1) is 0 Å². The van der Waals surface area contributed by atoms with Crippen molar-refractivity contribution in [1.29, 1.82) is 0 Å².